The van der Waals surface area contributed by atoms with Gasteiger partial charge in [-0.05, 0) is 52.5 Å². The summed E-state index contributed by atoms with van der Waals surface area (Å²) in [6.45, 7) is 0. The maximum Gasteiger partial charge on any atom is 0.174 e. The molecule has 0 saturated heterocycles. The van der Waals surface area contributed by atoms with E-state index in [9.17, 15) is 0 Å². The third-order valence-electron chi connectivity index (χ3n) is 3.03. The second-order valence-electron chi connectivity index (χ2n) is 4.52. The van der Waals surface area contributed by atoms with Crippen LogP contribution in [-0.4, -0.2) is 6.10 Å². The smallest absolute Gasteiger partial charge is 0.174 e. The molecule has 4 heteroatoms. The summed E-state index contributed by atoms with van der Waals surface area (Å²) in [6.07, 6.45) is 4.34. The van der Waals surface area contributed by atoms with Crippen molar-refractivity contribution < 1.29 is 9.15 Å². The molecule has 1 aliphatic rings. The molecule has 18 heavy (non-hydrogen) atoms. The second-order valence-corrected chi connectivity index (χ2v) is 5.24. The molecular formula is C14H14BrNO2. The third-order valence-corrected chi connectivity index (χ3v) is 3.67. The van der Waals surface area contributed by atoms with Gasteiger partial charge in [-0.3, -0.25) is 0 Å². The number of halogens is 1. The van der Waals surface area contributed by atoms with E-state index in [0.29, 0.717) is 10.8 Å². The highest BCUT2D eigenvalue weighted by Crippen LogP contribution is 2.31. The lowest BCUT2D eigenvalue weighted by atomic mass is 10.0. The molecule has 0 bridgehead atoms. The molecule has 2 aromatic rings. The molecule has 1 saturated carbocycles. The van der Waals surface area contributed by atoms with Gasteiger partial charge in [0.15, 0.2) is 4.67 Å². The first-order valence-electron chi connectivity index (χ1n) is 5.99. The summed E-state index contributed by atoms with van der Waals surface area (Å²) in [7, 11) is 0. The summed E-state index contributed by atoms with van der Waals surface area (Å²) in [5, 5.41) is 0. The summed E-state index contributed by atoms with van der Waals surface area (Å²) in [5.41, 5.74) is 8.20. The average molecular weight is 308 g/mol. The first kappa shape index (κ1) is 11.8. The van der Waals surface area contributed by atoms with Crippen LogP contribution in [0.4, 0.5) is 0 Å². The molecule has 2 N–H and O–H groups in total. The number of nitrogens with two attached hydrogens (primary N) is 1. The van der Waals surface area contributed by atoms with Gasteiger partial charge in [0.2, 0.25) is 0 Å². The van der Waals surface area contributed by atoms with E-state index < -0.39 is 0 Å². The van der Waals surface area contributed by atoms with E-state index in [1.807, 2.05) is 30.3 Å². The van der Waals surface area contributed by atoms with Gasteiger partial charge in [0.25, 0.3) is 0 Å². The highest BCUT2D eigenvalue weighted by molar-refractivity contribution is 9.10. The van der Waals surface area contributed by atoms with Crippen molar-refractivity contribution in [1.29, 1.82) is 0 Å². The highest BCUT2D eigenvalue weighted by atomic mass is 79.9. The summed E-state index contributed by atoms with van der Waals surface area (Å²) < 4.78 is 11.7. The molecule has 1 fully saturated rings. The Bertz CT molecular complexity index is 548. The van der Waals surface area contributed by atoms with Crippen LogP contribution in [0.25, 0.3) is 0 Å². The summed E-state index contributed by atoms with van der Waals surface area (Å²) in [6, 6.07) is 9.62. The normalized spacial score (nSPS) is 16.6. The number of rotatable bonds is 4. The largest absolute Gasteiger partial charge is 0.490 e. The molecule has 0 amide bonds. The topological polar surface area (TPSA) is 48.4 Å². The van der Waals surface area contributed by atoms with Crippen molar-refractivity contribution in [2.75, 3.05) is 0 Å². The van der Waals surface area contributed by atoms with Crippen LogP contribution in [0.3, 0.4) is 0 Å². The molecule has 1 unspecified atom stereocenters. The van der Waals surface area contributed by atoms with Crippen molar-refractivity contribution in [3.63, 3.8) is 0 Å². The maximum atomic E-state index is 6.23. The van der Waals surface area contributed by atoms with E-state index in [2.05, 4.69) is 15.9 Å². The van der Waals surface area contributed by atoms with Crippen LogP contribution in [0.5, 0.6) is 5.75 Å². The Morgan fingerprint density at radius 2 is 2.17 bits per heavy atom. The Kier molecular flexibility index (Phi) is 3.14. The lowest BCUT2D eigenvalue weighted by Gasteiger charge is -2.12. The predicted octanol–water partition coefficient (Wildman–Crippen LogP) is 3.63. The van der Waals surface area contributed by atoms with Crippen LogP contribution in [0, 0.1) is 0 Å². The second kappa shape index (κ2) is 4.78. The molecule has 1 aromatic carbocycles. The predicted molar refractivity (Wildman–Crippen MR) is 72.5 cm³/mol. The first-order valence-corrected chi connectivity index (χ1v) is 6.78. The monoisotopic (exact) mass is 307 g/mol. The van der Waals surface area contributed by atoms with E-state index in [4.69, 9.17) is 14.9 Å². The molecule has 1 heterocycles. The molecule has 3 nitrogen and oxygen atoms in total. The Hall–Kier alpha value is -1.26. The number of hydrogen-bond donors (Lipinski definition) is 1. The van der Waals surface area contributed by atoms with Crippen LogP contribution in [0.15, 0.2) is 45.7 Å². The highest BCUT2D eigenvalue weighted by Gasteiger charge is 2.24. The molecule has 1 aromatic heterocycles. The molecule has 94 valence electrons. The van der Waals surface area contributed by atoms with Gasteiger partial charge in [-0.15, -0.1) is 0 Å². The first-order chi connectivity index (χ1) is 8.74. The van der Waals surface area contributed by atoms with Crippen LogP contribution in [0.1, 0.15) is 30.0 Å². The Labute approximate surface area is 114 Å². The van der Waals surface area contributed by atoms with Gasteiger partial charge in [-0.1, -0.05) is 12.1 Å². The molecular weight excluding hydrogens is 294 g/mol. The lowest BCUT2D eigenvalue weighted by molar-refractivity contribution is 0.303. The number of hydrogen-bond acceptors (Lipinski definition) is 3. The molecule has 1 aliphatic carbocycles. The van der Waals surface area contributed by atoms with E-state index in [0.717, 1.165) is 29.7 Å². The molecule has 0 aliphatic heterocycles. The van der Waals surface area contributed by atoms with E-state index >= 15 is 0 Å². The minimum absolute atomic E-state index is 0.208. The summed E-state index contributed by atoms with van der Waals surface area (Å²) in [4.78, 5) is 0. The Balaban J connectivity index is 1.84. The minimum atomic E-state index is -0.208. The van der Waals surface area contributed by atoms with Gasteiger partial charge in [0.1, 0.15) is 5.75 Å². The zero-order chi connectivity index (χ0) is 12.5. The Morgan fingerprint density at radius 1 is 1.33 bits per heavy atom. The maximum absolute atomic E-state index is 6.23. The summed E-state index contributed by atoms with van der Waals surface area (Å²) in [5.74, 6) is 0.894. The lowest BCUT2D eigenvalue weighted by Crippen LogP contribution is -2.11. The van der Waals surface area contributed by atoms with Gasteiger partial charge < -0.3 is 14.9 Å². The van der Waals surface area contributed by atoms with Crippen LogP contribution < -0.4 is 10.5 Å². The fourth-order valence-corrected chi connectivity index (χ4v) is 2.35. The van der Waals surface area contributed by atoms with Crippen LogP contribution in [0.2, 0.25) is 0 Å². The number of benzene rings is 1. The van der Waals surface area contributed by atoms with Crippen molar-refractivity contribution in [2.24, 2.45) is 5.73 Å². The fourth-order valence-electron chi connectivity index (χ4n) is 1.87. The van der Waals surface area contributed by atoms with Crippen molar-refractivity contribution >= 4 is 15.9 Å². The van der Waals surface area contributed by atoms with Crippen molar-refractivity contribution in [2.45, 2.75) is 25.0 Å². The molecule has 3 rings (SSSR count). The molecule has 1 atom stereocenters. The quantitative estimate of drug-likeness (QED) is 0.938. The standard InChI is InChI=1S/C14H14BrNO2/c15-14-12(6-7-17-14)13(16)9-2-1-3-11(8-9)18-10-4-5-10/h1-3,6-8,10,13H,4-5,16H2. The van der Waals surface area contributed by atoms with Crippen LogP contribution in [-0.2, 0) is 0 Å². The average Bonchev–Trinajstić information content (AvgIpc) is 3.08. The van der Waals surface area contributed by atoms with Gasteiger partial charge in [-0.25, -0.2) is 0 Å². The fraction of sp³-hybridized carbons (Fsp3) is 0.286. The van der Waals surface area contributed by atoms with Gasteiger partial charge in [0.05, 0.1) is 18.4 Å². The van der Waals surface area contributed by atoms with E-state index in [1.54, 1.807) is 6.26 Å². The minimum Gasteiger partial charge on any atom is -0.490 e. The van der Waals surface area contributed by atoms with Crippen molar-refractivity contribution in [3.8, 4) is 5.75 Å². The van der Waals surface area contributed by atoms with E-state index in [-0.39, 0.29) is 6.04 Å². The SMILES string of the molecule is NC(c1cccc(OC2CC2)c1)c1ccoc1Br. The van der Waals surface area contributed by atoms with Gasteiger partial charge in [-0.2, -0.15) is 0 Å². The zero-order valence-electron chi connectivity index (χ0n) is 9.80. The van der Waals surface area contributed by atoms with Gasteiger partial charge >= 0.3 is 0 Å². The Morgan fingerprint density at radius 3 is 2.83 bits per heavy atom. The van der Waals surface area contributed by atoms with E-state index in [1.165, 1.54) is 0 Å². The zero-order valence-corrected chi connectivity index (χ0v) is 11.4. The number of furan rings is 1. The van der Waals surface area contributed by atoms with Gasteiger partial charge in [0, 0.05) is 5.56 Å². The van der Waals surface area contributed by atoms with Crippen molar-refractivity contribution in [3.05, 3.63) is 52.4 Å². The van der Waals surface area contributed by atoms with Crippen LogP contribution >= 0.6 is 15.9 Å². The van der Waals surface area contributed by atoms with Crippen molar-refractivity contribution in [1.82, 2.24) is 0 Å². The third kappa shape index (κ3) is 2.44. The molecule has 0 spiro atoms. The number of ether oxygens (including phenoxy) is 1. The summed E-state index contributed by atoms with van der Waals surface area (Å²) >= 11 is 3.36. The molecule has 0 radical (unpaired) electrons.